The molecule has 2 aliphatic rings. The van der Waals surface area contributed by atoms with E-state index in [0.717, 1.165) is 44.4 Å². The largest absolute Gasteiger partial charge is 0.530 e. The van der Waals surface area contributed by atoms with Gasteiger partial charge in [0, 0.05) is 18.2 Å². The number of anilines is 1. The van der Waals surface area contributed by atoms with E-state index in [1.807, 2.05) is 0 Å². The number of carbonyl (C=O) groups excluding carboxylic acids is 1. The van der Waals surface area contributed by atoms with Crippen molar-refractivity contribution in [1.82, 2.24) is 9.55 Å². The molecule has 3 heterocycles. The van der Waals surface area contributed by atoms with Crippen molar-refractivity contribution in [2.75, 3.05) is 12.3 Å². The Labute approximate surface area is 224 Å². The lowest BCUT2D eigenvalue weighted by molar-refractivity contribution is -0.176. The van der Waals surface area contributed by atoms with Gasteiger partial charge in [-0.1, -0.05) is 57.2 Å². The zero-order valence-corrected chi connectivity index (χ0v) is 22.4. The molecule has 4 atom stereocenters. The molecule has 0 saturated carbocycles. The molecule has 39 heavy (non-hydrogen) atoms. The molecule has 1 saturated heterocycles. The van der Waals surface area contributed by atoms with Crippen molar-refractivity contribution >= 4 is 19.6 Å². The lowest BCUT2D eigenvalue weighted by atomic mass is 10.1. The highest BCUT2D eigenvalue weighted by atomic mass is 31.2. The number of unbranched alkanes of at least 4 members (excludes halogenated alkanes) is 5. The maximum Gasteiger partial charge on any atom is 0.530 e. The second-order valence-electron chi connectivity index (χ2n) is 9.39. The third-order valence-corrected chi connectivity index (χ3v) is 7.74. The highest BCUT2D eigenvalue weighted by Crippen LogP contribution is 2.55. The van der Waals surface area contributed by atoms with Gasteiger partial charge in [0.15, 0.2) is 6.10 Å². The molecule has 0 aliphatic carbocycles. The van der Waals surface area contributed by atoms with Gasteiger partial charge >= 0.3 is 25.4 Å². The standard InChI is InChI=1S/C25H32F2N3O8P/c1-2-3-4-5-6-7-12-21(31)37-22-19(16-35-39(33)34-15-17-10-8-9-11-18(17)38-39)36-23(25(22,26)27)30-14-13-20(28)29-24(30)32/h8-11,13-14,19,22-23H,2-7,12,15-16H2,1H3,(H2,28,29,32)/t19-,22-,23-,39?/m1/s1. The van der Waals surface area contributed by atoms with Crippen LogP contribution in [0.5, 0.6) is 5.75 Å². The minimum atomic E-state index is -4.20. The molecule has 214 valence electrons. The van der Waals surface area contributed by atoms with Gasteiger partial charge in [-0.3, -0.25) is 18.4 Å². The van der Waals surface area contributed by atoms with E-state index in [0.29, 0.717) is 16.6 Å². The van der Waals surface area contributed by atoms with Crippen LogP contribution in [0.2, 0.25) is 0 Å². The summed E-state index contributed by atoms with van der Waals surface area (Å²) in [6.07, 6.45) is 0.337. The van der Waals surface area contributed by atoms with Crippen LogP contribution >= 0.6 is 7.82 Å². The van der Waals surface area contributed by atoms with Crippen molar-refractivity contribution in [3.8, 4) is 5.75 Å². The molecule has 0 bridgehead atoms. The smallest absolute Gasteiger partial charge is 0.453 e. The first-order chi connectivity index (χ1) is 18.6. The molecule has 0 spiro atoms. The van der Waals surface area contributed by atoms with Crippen LogP contribution in [0.4, 0.5) is 14.6 Å². The highest BCUT2D eigenvalue weighted by Gasteiger charge is 2.63. The lowest BCUT2D eigenvalue weighted by Gasteiger charge is -2.27. The second kappa shape index (κ2) is 12.5. The van der Waals surface area contributed by atoms with Gasteiger partial charge in [0.25, 0.3) is 0 Å². The minimum absolute atomic E-state index is 0.0676. The van der Waals surface area contributed by atoms with E-state index in [2.05, 4.69) is 11.9 Å². The number of hydrogen-bond donors (Lipinski definition) is 1. The van der Waals surface area contributed by atoms with Gasteiger partial charge in [-0.05, 0) is 18.6 Å². The Bertz CT molecular complexity index is 1260. The molecule has 1 unspecified atom stereocenters. The number of nitrogen functional groups attached to an aromatic ring is 1. The number of esters is 1. The Morgan fingerprint density at radius 3 is 2.72 bits per heavy atom. The van der Waals surface area contributed by atoms with Crippen molar-refractivity contribution < 1.29 is 41.2 Å². The molecule has 2 aromatic rings. The first-order valence-electron chi connectivity index (χ1n) is 12.9. The monoisotopic (exact) mass is 571 g/mol. The van der Waals surface area contributed by atoms with Crippen LogP contribution in [-0.2, 0) is 34.5 Å². The Morgan fingerprint density at radius 2 is 1.95 bits per heavy atom. The Balaban J connectivity index is 1.48. The molecule has 1 aromatic heterocycles. The molecular formula is C25H32F2N3O8P. The van der Waals surface area contributed by atoms with Gasteiger partial charge in [0.05, 0.1) is 13.2 Å². The fraction of sp³-hybridized carbons (Fsp3) is 0.560. The van der Waals surface area contributed by atoms with Gasteiger partial charge in [-0.2, -0.15) is 13.8 Å². The van der Waals surface area contributed by atoms with Gasteiger partial charge in [0.2, 0.25) is 6.23 Å². The maximum absolute atomic E-state index is 15.6. The highest BCUT2D eigenvalue weighted by molar-refractivity contribution is 7.49. The number of fused-ring (bicyclic) bond motifs is 1. The predicted octanol–water partition coefficient (Wildman–Crippen LogP) is 4.75. The number of ether oxygens (including phenoxy) is 2. The molecule has 14 heteroatoms. The zero-order chi connectivity index (χ0) is 28.0. The van der Waals surface area contributed by atoms with Crippen molar-refractivity contribution in [2.45, 2.75) is 82.8 Å². The SMILES string of the molecule is CCCCCCCCC(=O)O[C@@H]1[C@@H](COP2(=O)OCc3ccccc3O2)O[C@@H](n2ccc(N)nc2=O)C1(F)F. The van der Waals surface area contributed by atoms with E-state index < -0.39 is 50.4 Å². The van der Waals surface area contributed by atoms with E-state index in [9.17, 15) is 14.2 Å². The van der Waals surface area contributed by atoms with Crippen LogP contribution in [0, 0.1) is 0 Å². The van der Waals surface area contributed by atoms with E-state index >= 15 is 8.78 Å². The average molecular weight is 572 g/mol. The number of para-hydroxylation sites is 1. The van der Waals surface area contributed by atoms with Crippen LogP contribution in [0.25, 0.3) is 0 Å². The number of phosphoric acid groups is 1. The fourth-order valence-electron chi connectivity index (χ4n) is 4.34. The Kier molecular flexibility index (Phi) is 9.37. The third-order valence-electron chi connectivity index (χ3n) is 6.40. The summed E-state index contributed by atoms with van der Waals surface area (Å²) in [5.41, 5.74) is 5.03. The van der Waals surface area contributed by atoms with Gasteiger partial charge in [-0.15, -0.1) is 0 Å². The van der Waals surface area contributed by atoms with Crippen molar-refractivity contribution in [3.05, 3.63) is 52.6 Å². The second-order valence-corrected chi connectivity index (χ2v) is 11.0. The van der Waals surface area contributed by atoms with Crippen molar-refractivity contribution in [3.63, 3.8) is 0 Å². The first kappa shape index (κ1) is 29.1. The number of hydrogen-bond acceptors (Lipinski definition) is 10. The summed E-state index contributed by atoms with van der Waals surface area (Å²) >= 11 is 0. The van der Waals surface area contributed by atoms with Crippen molar-refractivity contribution in [1.29, 1.82) is 0 Å². The number of alkyl halides is 2. The third kappa shape index (κ3) is 7.02. The molecule has 1 aromatic carbocycles. The van der Waals surface area contributed by atoms with E-state index in [1.165, 1.54) is 0 Å². The van der Waals surface area contributed by atoms with E-state index in [-0.39, 0.29) is 24.6 Å². The summed E-state index contributed by atoms with van der Waals surface area (Å²) in [7, 11) is -4.20. The molecule has 4 rings (SSSR count). The molecular weight excluding hydrogens is 539 g/mol. The summed E-state index contributed by atoms with van der Waals surface area (Å²) in [5.74, 6) is -4.62. The maximum atomic E-state index is 15.6. The number of carbonyl (C=O) groups is 1. The number of aromatic nitrogens is 2. The predicted molar refractivity (Wildman–Crippen MR) is 135 cm³/mol. The number of nitrogens with zero attached hydrogens (tertiary/aromatic N) is 2. The topological polar surface area (TPSA) is 141 Å². The fourth-order valence-corrected chi connectivity index (χ4v) is 5.56. The summed E-state index contributed by atoms with van der Waals surface area (Å²) in [6.45, 7) is 1.27. The van der Waals surface area contributed by atoms with Gasteiger partial charge in [0.1, 0.15) is 17.7 Å². The first-order valence-corrected chi connectivity index (χ1v) is 14.3. The van der Waals surface area contributed by atoms with E-state index in [1.54, 1.807) is 24.3 Å². The molecule has 0 radical (unpaired) electrons. The normalized spacial score (nSPS) is 25.6. The van der Waals surface area contributed by atoms with E-state index in [4.69, 9.17) is 28.8 Å². The number of benzene rings is 1. The molecule has 2 N–H and O–H groups in total. The summed E-state index contributed by atoms with van der Waals surface area (Å²) < 4.78 is 71.4. The minimum Gasteiger partial charge on any atom is -0.453 e. The van der Waals surface area contributed by atoms with Crippen LogP contribution in [0.3, 0.4) is 0 Å². The molecule has 0 amide bonds. The number of phosphoric ester groups is 1. The van der Waals surface area contributed by atoms with Crippen LogP contribution in [0.1, 0.15) is 63.7 Å². The van der Waals surface area contributed by atoms with Crippen LogP contribution < -0.4 is 15.9 Å². The average Bonchev–Trinajstić information content (AvgIpc) is 3.14. The molecule has 11 nitrogen and oxygen atoms in total. The van der Waals surface area contributed by atoms with Gasteiger partial charge < -0.3 is 19.7 Å². The van der Waals surface area contributed by atoms with Gasteiger partial charge in [-0.25, -0.2) is 9.36 Å². The zero-order valence-electron chi connectivity index (χ0n) is 21.5. The lowest BCUT2D eigenvalue weighted by Crippen LogP contribution is -2.44. The Morgan fingerprint density at radius 1 is 1.21 bits per heavy atom. The summed E-state index contributed by atoms with van der Waals surface area (Å²) in [6, 6.07) is 7.84. The Hall–Kier alpha value is -2.86. The number of halogens is 2. The van der Waals surface area contributed by atoms with Crippen LogP contribution in [-0.4, -0.2) is 40.3 Å². The summed E-state index contributed by atoms with van der Waals surface area (Å²) in [4.78, 5) is 28.3. The van der Waals surface area contributed by atoms with Crippen molar-refractivity contribution in [2.24, 2.45) is 0 Å². The number of nitrogens with two attached hydrogens (primary N) is 1. The quantitative estimate of drug-likeness (QED) is 0.215. The number of rotatable bonds is 12. The molecule has 1 fully saturated rings. The summed E-state index contributed by atoms with van der Waals surface area (Å²) in [5, 5.41) is 0. The molecule has 2 aliphatic heterocycles. The van der Waals surface area contributed by atoms with Crippen LogP contribution in [0.15, 0.2) is 41.3 Å².